The first-order valence-electron chi connectivity index (χ1n) is 11.1. The molecule has 0 saturated carbocycles. The molecule has 1 amide bonds. The highest BCUT2D eigenvalue weighted by molar-refractivity contribution is 5.79. The molecule has 1 aromatic heterocycles. The molecule has 0 bridgehead atoms. The SMILES string of the molecule is COc1ccc(C(C)NC(=O)C2CCCN(Cc3nc(-c4ccc(C)cc4)no3)C2)cc1. The molecule has 1 aliphatic heterocycles. The molecule has 7 nitrogen and oxygen atoms in total. The lowest BCUT2D eigenvalue weighted by atomic mass is 9.96. The number of benzene rings is 2. The van der Waals surface area contributed by atoms with Crippen molar-refractivity contribution in [3.63, 3.8) is 0 Å². The highest BCUT2D eigenvalue weighted by Crippen LogP contribution is 2.22. The van der Waals surface area contributed by atoms with E-state index in [9.17, 15) is 4.79 Å². The number of amides is 1. The zero-order chi connectivity index (χ0) is 22.5. The van der Waals surface area contributed by atoms with E-state index >= 15 is 0 Å². The molecular weight excluding hydrogens is 404 g/mol. The first-order chi connectivity index (χ1) is 15.5. The van der Waals surface area contributed by atoms with Crippen molar-refractivity contribution in [2.24, 2.45) is 5.92 Å². The Morgan fingerprint density at radius 3 is 2.69 bits per heavy atom. The average Bonchev–Trinajstić information content (AvgIpc) is 3.28. The van der Waals surface area contributed by atoms with E-state index in [1.807, 2.05) is 62.4 Å². The van der Waals surface area contributed by atoms with Gasteiger partial charge in [0.15, 0.2) is 0 Å². The van der Waals surface area contributed by atoms with Crippen LogP contribution in [0.5, 0.6) is 5.75 Å². The number of aromatic nitrogens is 2. The van der Waals surface area contributed by atoms with E-state index in [-0.39, 0.29) is 17.9 Å². The van der Waals surface area contributed by atoms with Gasteiger partial charge in [-0.25, -0.2) is 0 Å². The molecule has 168 valence electrons. The minimum absolute atomic E-state index is 0.0519. The van der Waals surface area contributed by atoms with Crippen LogP contribution in [-0.2, 0) is 11.3 Å². The van der Waals surface area contributed by atoms with E-state index < -0.39 is 0 Å². The Labute approximate surface area is 188 Å². The van der Waals surface area contributed by atoms with Crippen LogP contribution < -0.4 is 10.1 Å². The van der Waals surface area contributed by atoms with E-state index in [0.29, 0.717) is 24.8 Å². The normalized spacial score (nSPS) is 17.7. The van der Waals surface area contributed by atoms with Gasteiger partial charge in [-0.3, -0.25) is 9.69 Å². The second-order valence-corrected chi connectivity index (χ2v) is 8.46. The zero-order valence-electron chi connectivity index (χ0n) is 18.9. The molecule has 1 fully saturated rings. The van der Waals surface area contributed by atoms with Crippen molar-refractivity contribution < 1.29 is 14.1 Å². The van der Waals surface area contributed by atoms with E-state index in [1.165, 1.54) is 5.56 Å². The van der Waals surface area contributed by atoms with E-state index in [4.69, 9.17) is 9.26 Å². The Kier molecular flexibility index (Phi) is 6.85. The van der Waals surface area contributed by atoms with Gasteiger partial charge in [0, 0.05) is 12.1 Å². The van der Waals surface area contributed by atoms with E-state index in [1.54, 1.807) is 7.11 Å². The number of methoxy groups -OCH3 is 1. The van der Waals surface area contributed by atoms with Gasteiger partial charge in [-0.1, -0.05) is 47.1 Å². The lowest BCUT2D eigenvalue weighted by molar-refractivity contribution is -0.127. The third-order valence-corrected chi connectivity index (χ3v) is 5.99. The molecule has 1 saturated heterocycles. The Morgan fingerprint density at radius 2 is 1.97 bits per heavy atom. The van der Waals surface area contributed by atoms with Crippen molar-refractivity contribution in [1.29, 1.82) is 0 Å². The molecule has 1 N–H and O–H groups in total. The monoisotopic (exact) mass is 434 g/mol. The predicted molar refractivity (Wildman–Crippen MR) is 122 cm³/mol. The molecule has 0 radical (unpaired) electrons. The highest BCUT2D eigenvalue weighted by atomic mass is 16.5. The number of rotatable bonds is 7. The van der Waals surface area contributed by atoms with Gasteiger partial charge in [-0.05, 0) is 50.9 Å². The van der Waals surface area contributed by atoms with Crippen molar-refractivity contribution >= 4 is 5.91 Å². The van der Waals surface area contributed by atoms with Crippen LogP contribution >= 0.6 is 0 Å². The molecule has 4 rings (SSSR count). The number of ether oxygens (including phenoxy) is 1. The fraction of sp³-hybridized carbons (Fsp3) is 0.400. The molecule has 2 heterocycles. The smallest absolute Gasteiger partial charge is 0.241 e. The van der Waals surface area contributed by atoms with Crippen LogP contribution in [0.1, 0.15) is 42.8 Å². The summed E-state index contributed by atoms with van der Waals surface area (Å²) < 4.78 is 10.7. The van der Waals surface area contributed by atoms with Crippen molar-refractivity contribution in [3.8, 4) is 17.1 Å². The largest absolute Gasteiger partial charge is 0.497 e. The summed E-state index contributed by atoms with van der Waals surface area (Å²) in [4.78, 5) is 19.7. The molecule has 2 unspecified atom stereocenters. The van der Waals surface area contributed by atoms with Crippen molar-refractivity contribution in [2.45, 2.75) is 39.3 Å². The summed E-state index contributed by atoms with van der Waals surface area (Å²) in [5, 5.41) is 7.28. The highest BCUT2D eigenvalue weighted by Gasteiger charge is 2.28. The summed E-state index contributed by atoms with van der Waals surface area (Å²) >= 11 is 0. The molecular formula is C25H30N4O3. The van der Waals surface area contributed by atoms with Crippen LogP contribution in [0.4, 0.5) is 0 Å². The number of likely N-dealkylation sites (tertiary alicyclic amines) is 1. The minimum Gasteiger partial charge on any atom is -0.497 e. The summed E-state index contributed by atoms with van der Waals surface area (Å²) in [6.07, 6.45) is 1.85. The van der Waals surface area contributed by atoms with Gasteiger partial charge >= 0.3 is 0 Å². The van der Waals surface area contributed by atoms with Gasteiger partial charge in [0.2, 0.25) is 17.6 Å². The second kappa shape index (κ2) is 9.96. The Morgan fingerprint density at radius 1 is 1.22 bits per heavy atom. The Balaban J connectivity index is 1.32. The second-order valence-electron chi connectivity index (χ2n) is 8.46. The molecule has 0 spiro atoms. The molecule has 1 aliphatic rings. The molecule has 7 heteroatoms. The number of piperidine rings is 1. The summed E-state index contributed by atoms with van der Waals surface area (Å²) in [7, 11) is 1.65. The van der Waals surface area contributed by atoms with Crippen LogP contribution in [0, 0.1) is 12.8 Å². The molecule has 3 aromatic rings. The summed E-state index contributed by atoms with van der Waals surface area (Å²) in [6, 6.07) is 15.8. The van der Waals surface area contributed by atoms with Gasteiger partial charge in [0.25, 0.3) is 0 Å². The first kappa shape index (κ1) is 22.0. The topological polar surface area (TPSA) is 80.5 Å². The maximum Gasteiger partial charge on any atom is 0.241 e. The summed E-state index contributed by atoms with van der Waals surface area (Å²) in [5.41, 5.74) is 3.19. The Hall–Kier alpha value is -3.19. The summed E-state index contributed by atoms with van der Waals surface area (Å²) in [5.74, 6) is 2.02. The fourth-order valence-electron chi connectivity index (χ4n) is 4.05. The number of nitrogens with one attached hydrogen (secondary N) is 1. The number of carbonyl (C=O) groups excluding carboxylic acids is 1. The lowest BCUT2D eigenvalue weighted by Crippen LogP contribution is -2.43. The third-order valence-electron chi connectivity index (χ3n) is 5.99. The lowest BCUT2D eigenvalue weighted by Gasteiger charge is -2.31. The van der Waals surface area contributed by atoms with Gasteiger partial charge in [-0.2, -0.15) is 4.98 Å². The third kappa shape index (κ3) is 5.34. The van der Waals surface area contributed by atoms with Crippen molar-refractivity contribution in [1.82, 2.24) is 20.4 Å². The number of hydrogen-bond donors (Lipinski definition) is 1. The summed E-state index contributed by atoms with van der Waals surface area (Å²) in [6.45, 7) is 6.21. The number of hydrogen-bond acceptors (Lipinski definition) is 6. The first-order valence-corrected chi connectivity index (χ1v) is 11.1. The van der Waals surface area contributed by atoms with Crippen LogP contribution in [0.15, 0.2) is 53.1 Å². The van der Waals surface area contributed by atoms with E-state index in [2.05, 4.69) is 20.4 Å². The maximum absolute atomic E-state index is 12.9. The van der Waals surface area contributed by atoms with Crippen molar-refractivity contribution in [3.05, 3.63) is 65.5 Å². The van der Waals surface area contributed by atoms with Gasteiger partial charge in [0.05, 0.1) is 25.6 Å². The molecule has 0 aliphatic carbocycles. The van der Waals surface area contributed by atoms with Crippen LogP contribution in [-0.4, -0.2) is 41.1 Å². The molecule has 2 aromatic carbocycles. The van der Waals surface area contributed by atoms with Crippen LogP contribution in [0.25, 0.3) is 11.4 Å². The average molecular weight is 435 g/mol. The van der Waals surface area contributed by atoms with Crippen LogP contribution in [0.3, 0.4) is 0 Å². The van der Waals surface area contributed by atoms with Crippen molar-refractivity contribution in [2.75, 3.05) is 20.2 Å². The predicted octanol–water partition coefficient (Wildman–Crippen LogP) is 4.14. The van der Waals surface area contributed by atoms with Gasteiger partial charge in [-0.15, -0.1) is 0 Å². The Bertz CT molecular complexity index is 1030. The van der Waals surface area contributed by atoms with Gasteiger partial charge < -0.3 is 14.6 Å². The minimum atomic E-state index is -0.0585. The number of aryl methyl sites for hydroxylation is 1. The van der Waals surface area contributed by atoms with Crippen LogP contribution in [0.2, 0.25) is 0 Å². The van der Waals surface area contributed by atoms with E-state index in [0.717, 1.165) is 36.3 Å². The molecule has 32 heavy (non-hydrogen) atoms. The standard InChI is InChI=1S/C25H30N4O3/c1-17-6-8-20(9-7-17)24-27-23(32-28-24)16-29-14-4-5-21(15-29)25(30)26-18(2)19-10-12-22(31-3)13-11-19/h6-13,18,21H,4-5,14-16H2,1-3H3,(H,26,30). The van der Waals surface area contributed by atoms with Gasteiger partial charge in [0.1, 0.15) is 5.75 Å². The number of carbonyl (C=O) groups is 1. The fourth-order valence-corrected chi connectivity index (χ4v) is 4.05. The zero-order valence-corrected chi connectivity index (χ0v) is 18.9. The maximum atomic E-state index is 12.9. The molecule has 2 atom stereocenters. The number of nitrogens with zero attached hydrogens (tertiary/aromatic N) is 3. The quantitative estimate of drug-likeness (QED) is 0.602.